The third kappa shape index (κ3) is 7.23. The first kappa shape index (κ1) is 32.4. The lowest BCUT2D eigenvalue weighted by Crippen LogP contribution is -2.65. The van der Waals surface area contributed by atoms with Crippen molar-refractivity contribution in [3.05, 3.63) is 64.2 Å². The van der Waals surface area contributed by atoms with Crippen molar-refractivity contribution in [2.75, 3.05) is 27.3 Å². The van der Waals surface area contributed by atoms with Crippen LogP contribution in [0.25, 0.3) is 6.08 Å². The molecule has 3 N–H and O–H groups in total. The van der Waals surface area contributed by atoms with E-state index in [1.54, 1.807) is 32.0 Å². The molecule has 1 amide bonds. The molecule has 0 saturated carbocycles. The van der Waals surface area contributed by atoms with Crippen LogP contribution in [-0.2, 0) is 19.6 Å². The van der Waals surface area contributed by atoms with Crippen molar-refractivity contribution < 1.29 is 41.4 Å². The molecule has 2 rings (SSSR count). The molecule has 2 aromatic rings. The Morgan fingerprint density at radius 1 is 1.07 bits per heavy atom. The van der Waals surface area contributed by atoms with Crippen LogP contribution in [0.5, 0.6) is 11.5 Å². The molecule has 0 aliphatic heterocycles. The number of benzene rings is 2. The summed E-state index contributed by atoms with van der Waals surface area (Å²) in [7, 11) is -1.85. The summed E-state index contributed by atoms with van der Waals surface area (Å²) in [5, 5.41) is 21.5. The van der Waals surface area contributed by atoms with Crippen molar-refractivity contribution in [3.63, 3.8) is 0 Å². The number of unbranched alkanes of at least 4 members (excludes halogenated alkanes) is 1. The number of carboxylic acid groups (broad SMARTS) is 1. The van der Waals surface area contributed by atoms with Gasteiger partial charge in [0.1, 0.15) is 22.9 Å². The minimum Gasteiger partial charge on any atom is -0.497 e. The van der Waals surface area contributed by atoms with E-state index in [9.17, 15) is 33.2 Å². The summed E-state index contributed by atoms with van der Waals surface area (Å²) in [5.74, 6) is -2.02. The number of carboxylic acids is 1. The van der Waals surface area contributed by atoms with E-state index in [0.717, 1.165) is 30.3 Å². The van der Waals surface area contributed by atoms with Crippen molar-refractivity contribution >= 4 is 33.7 Å². The second-order valence-electron chi connectivity index (χ2n) is 9.55. The van der Waals surface area contributed by atoms with E-state index >= 15 is 0 Å². The molecular formula is C27H36N3O9S+. The number of amides is 1. The van der Waals surface area contributed by atoms with Crippen molar-refractivity contribution in [2.24, 2.45) is 11.7 Å². The van der Waals surface area contributed by atoms with E-state index in [0.29, 0.717) is 23.5 Å². The molecule has 0 aliphatic rings. The Kier molecular flexibility index (Phi) is 11.3. The lowest BCUT2D eigenvalue weighted by molar-refractivity contribution is -0.749. The van der Waals surface area contributed by atoms with Gasteiger partial charge >= 0.3 is 21.9 Å². The number of methoxy groups -OCH3 is 2. The Labute approximate surface area is 233 Å². The van der Waals surface area contributed by atoms with E-state index in [2.05, 4.69) is 0 Å². The number of hydrogen-bond donors (Lipinski definition) is 2. The Morgan fingerprint density at radius 3 is 2.10 bits per heavy atom. The summed E-state index contributed by atoms with van der Waals surface area (Å²) >= 11 is 0. The number of hydrogen-bond acceptors (Lipinski definition) is 9. The number of aliphatic carboxylic acids is 1. The zero-order valence-corrected chi connectivity index (χ0v) is 23.8. The molecule has 0 spiro atoms. The molecule has 0 heterocycles. The van der Waals surface area contributed by atoms with E-state index < -0.39 is 47.6 Å². The summed E-state index contributed by atoms with van der Waals surface area (Å²) in [5.41, 5.74) is 5.69. The maximum Gasteiger partial charge on any atom is 0.364 e. The van der Waals surface area contributed by atoms with Gasteiger partial charge in [0.25, 0.3) is 5.69 Å². The fraction of sp³-hybridized carbons (Fsp3) is 0.407. The van der Waals surface area contributed by atoms with Crippen LogP contribution in [0.3, 0.4) is 0 Å². The zero-order chi connectivity index (χ0) is 30.1. The van der Waals surface area contributed by atoms with Gasteiger partial charge in [-0.1, -0.05) is 13.8 Å². The van der Waals surface area contributed by atoms with Gasteiger partial charge in [0.15, 0.2) is 0 Å². The number of nitrogens with two attached hydrogens (primary N) is 1. The van der Waals surface area contributed by atoms with E-state index in [-0.39, 0.29) is 31.6 Å². The number of carbonyl (C=O) groups is 2. The summed E-state index contributed by atoms with van der Waals surface area (Å²) in [4.78, 5) is 36.8. The maximum atomic E-state index is 14.3. The molecule has 40 heavy (non-hydrogen) atoms. The first-order valence-electron chi connectivity index (χ1n) is 12.6. The molecule has 218 valence electrons. The number of carbonyl (C=O) groups excluding carboxylic acids is 1. The van der Waals surface area contributed by atoms with Crippen LogP contribution in [0.15, 0.2) is 53.4 Å². The van der Waals surface area contributed by atoms with Crippen LogP contribution in [0.4, 0.5) is 5.69 Å². The van der Waals surface area contributed by atoms with Crippen LogP contribution in [0.1, 0.15) is 38.7 Å². The van der Waals surface area contributed by atoms with Gasteiger partial charge in [-0.25, -0.2) is 9.59 Å². The minimum atomic E-state index is -4.76. The molecule has 12 nitrogen and oxygen atoms in total. The van der Waals surface area contributed by atoms with E-state index in [1.165, 1.54) is 20.3 Å². The van der Waals surface area contributed by atoms with Gasteiger partial charge in [-0.3, -0.25) is 10.1 Å². The summed E-state index contributed by atoms with van der Waals surface area (Å²) in [6.07, 6.45) is 2.96. The molecule has 2 aromatic carbocycles. The Bertz CT molecular complexity index is 1320. The minimum absolute atomic E-state index is 0.141. The highest BCUT2D eigenvalue weighted by Gasteiger charge is 2.57. The highest BCUT2D eigenvalue weighted by molar-refractivity contribution is 7.86. The SMILES string of the molecule is COc1cc(C=CC(=O)[N+](CC(C)C)([C@@H](CCCCN)C(=O)O)S(=O)(=O)c2ccc([N+](=O)[O-])cc2)cc(OC)c1. The maximum absolute atomic E-state index is 14.3. The second-order valence-corrected chi connectivity index (χ2v) is 11.6. The van der Waals surface area contributed by atoms with Crippen molar-refractivity contribution in [2.45, 2.75) is 44.0 Å². The molecular weight excluding hydrogens is 542 g/mol. The number of sulfonamides is 1. The molecule has 13 heteroatoms. The highest BCUT2D eigenvalue weighted by Crippen LogP contribution is 2.34. The van der Waals surface area contributed by atoms with Gasteiger partial charge < -0.3 is 20.3 Å². The topological polar surface area (TPSA) is 176 Å². The summed E-state index contributed by atoms with van der Waals surface area (Å²) < 4.78 is 37.7. The van der Waals surface area contributed by atoms with Crippen LogP contribution >= 0.6 is 0 Å². The number of ether oxygens (including phenoxy) is 2. The number of non-ortho nitro benzene ring substituents is 1. The van der Waals surface area contributed by atoms with Crippen LogP contribution in [-0.4, -0.2) is 67.6 Å². The lowest BCUT2D eigenvalue weighted by Gasteiger charge is -2.39. The fourth-order valence-corrected chi connectivity index (χ4v) is 6.62. The Morgan fingerprint density at radius 2 is 1.65 bits per heavy atom. The number of nitrogens with zero attached hydrogens (tertiary/aromatic N) is 2. The Balaban J connectivity index is 2.82. The van der Waals surface area contributed by atoms with Gasteiger partial charge in [-0.2, -0.15) is 8.42 Å². The fourth-order valence-electron chi connectivity index (χ4n) is 4.44. The number of nitro benzene ring substituents is 1. The molecule has 0 saturated heterocycles. The standard InChI is InChI=1S/C27H35N3O9S/c1-19(2)18-30(25(27(32)33)7-5-6-14-28,40(36,37)24-11-9-21(10-12-24)29(34)35)26(31)13-8-20-15-22(38-3)17-23(16-20)39-4/h8-13,15-17,19,25H,5-7,14,18,28H2,1-4H3/p+1/t25-,30?/m0/s1. The van der Waals surface area contributed by atoms with Crippen LogP contribution in [0.2, 0.25) is 0 Å². The van der Waals surface area contributed by atoms with Crippen LogP contribution in [0, 0.1) is 16.0 Å². The number of quaternary nitrogens is 1. The first-order chi connectivity index (χ1) is 18.8. The normalized spacial score (nSPS) is 14.1. The molecule has 2 atom stereocenters. The largest absolute Gasteiger partial charge is 0.497 e. The zero-order valence-electron chi connectivity index (χ0n) is 23.0. The molecule has 0 radical (unpaired) electrons. The average molecular weight is 579 g/mol. The van der Waals surface area contributed by atoms with Gasteiger partial charge in [0, 0.05) is 36.6 Å². The molecule has 0 aromatic heterocycles. The number of rotatable bonds is 15. The highest BCUT2D eigenvalue weighted by atomic mass is 32.2. The average Bonchev–Trinajstić information content (AvgIpc) is 2.92. The van der Waals surface area contributed by atoms with Gasteiger partial charge in [-0.05, 0) is 55.3 Å². The predicted octanol–water partition coefficient (Wildman–Crippen LogP) is 3.60. The van der Waals surface area contributed by atoms with Crippen molar-refractivity contribution in [3.8, 4) is 11.5 Å². The third-order valence-electron chi connectivity index (χ3n) is 6.30. The smallest absolute Gasteiger partial charge is 0.364 e. The van der Waals surface area contributed by atoms with Gasteiger partial charge in [0.05, 0.1) is 19.1 Å². The van der Waals surface area contributed by atoms with Crippen LogP contribution < -0.4 is 15.2 Å². The molecule has 1 unspecified atom stereocenters. The summed E-state index contributed by atoms with van der Waals surface area (Å²) in [6, 6.07) is 7.19. The quantitative estimate of drug-likeness (QED) is 0.104. The van der Waals surface area contributed by atoms with Crippen molar-refractivity contribution in [1.29, 1.82) is 0 Å². The lowest BCUT2D eigenvalue weighted by atomic mass is 10.0. The van der Waals surface area contributed by atoms with E-state index in [4.69, 9.17) is 15.2 Å². The van der Waals surface area contributed by atoms with E-state index in [1.807, 2.05) is 0 Å². The van der Waals surface area contributed by atoms with Gasteiger partial charge in [0.2, 0.25) is 6.04 Å². The third-order valence-corrected chi connectivity index (χ3v) is 8.61. The van der Waals surface area contributed by atoms with Gasteiger partial charge in [-0.15, -0.1) is 3.89 Å². The number of nitro groups is 1. The predicted molar refractivity (Wildman–Crippen MR) is 148 cm³/mol. The summed E-state index contributed by atoms with van der Waals surface area (Å²) in [6.45, 7) is 3.27. The molecule has 0 fully saturated rings. The Hall–Kier alpha value is -3.81. The molecule has 0 aliphatic carbocycles. The monoisotopic (exact) mass is 578 g/mol. The molecule has 0 bridgehead atoms. The first-order valence-corrected chi connectivity index (χ1v) is 14.0. The second kappa shape index (κ2) is 14.0. The van der Waals surface area contributed by atoms with Crippen molar-refractivity contribution in [1.82, 2.24) is 0 Å².